The number of nitrogen functional groups attached to an aromatic ring is 1. The van der Waals surface area contributed by atoms with Gasteiger partial charge >= 0.3 is 0 Å². The maximum absolute atomic E-state index is 13.7. The van der Waals surface area contributed by atoms with E-state index in [1.54, 1.807) is 12.1 Å². The summed E-state index contributed by atoms with van der Waals surface area (Å²) >= 11 is 0. The highest BCUT2D eigenvalue weighted by molar-refractivity contribution is 5.71. The highest BCUT2D eigenvalue weighted by Crippen LogP contribution is 2.29. The molecule has 2 aromatic rings. The quantitative estimate of drug-likeness (QED) is 0.922. The lowest BCUT2D eigenvalue weighted by Crippen LogP contribution is -2.01. The largest absolute Gasteiger partial charge is 0.494 e. The molecule has 1 heterocycles. The van der Waals surface area contributed by atoms with E-state index in [2.05, 4.69) is 11.9 Å². The van der Waals surface area contributed by atoms with Crippen LogP contribution in [0.2, 0.25) is 0 Å². The summed E-state index contributed by atoms with van der Waals surface area (Å²) in [7, 11) is 3.31. The van der Waals surface area contributed by atoms with Gasteiger partial charge in [-0.15, -0.1) is 0 Å². The van der Waals surface area contributed by atoms with E-state index >= 15 is 0 Å². The molecule has 0 fully saturated rings. The summed E-state index contributed by atoms with van der Waals surface area (Å²) in [6.07, 6.45) is 1.83. The van der Waals surface area contributed by atoms with Gasteiger partial charge in [-0.05, 0) is 24.6 Å². The predicted octanol–water partition coefficient (Wildman–Crippen LogP) is 2.77. The molecule has 0 amide bonds. The van der Waals surface area contributed by atoms with Gasteiger partial charge in [0.15, 0.2) is 11.6 Å². The van der Waals surface area contributed by atoms with Gasteiger partial charge in [-0.25, -0.2) is 9.37 Å². The second-order valence-corrected chi connectivity index (χ2v) is 4.42. The van der Waals surface area contributed by atoms with Gasteiger partial charge in [0, 0.05) is 19.0 Å². The van der Waals surface area contributed by atoms with E-state index in [9.17, 15) is 4.39 Å². The summed E-state index contributed by atoms with van der Waals surface area (Å²) in [5.74, 6) is 1.26. The van der Waals surface area contributed by atoms with Crippen molar-refractivity contribution >= 4 is 5.82 Å². The fourth-order valence-electron chi connectivity index (χ4n) is 2.03. The zero-order valence-electron chi connectivity index (χ0n) is 11.4. The van der Waals surface area contributed by atoms with Crippen LogP contribution in [0.1, 0.15) is 19.2 Å². The van der Waals surface area contributed by atoms with Gasteiger partial charge in [0.25, 0.3) is 0 Å². The number of imidazole rings is 1. The molecule has 0 radical (unpaired) electrons. The number of nitrogens with zero attached hydrogens (tertiary/aromatic N) is 2. The normalized spacial score (nSPS) is 10.7. The second kappa shape index (κ2) is 5.30. The summed E-state index contributed by atoms with van der Waals surface area (Å²) in [4.78, 5) is 4.50. The molecule has 102 valence electrons. The van der Waals surface area contributed by atoms with E-state index in [0.717, 1.165) is 18.7 Å². The lowest BCUT2D eigenvalue weighted by Gasteiger charge is -2.04. The molecule has 0 atom stereocenters. The summed E-state index contributed by atoms with van der Waals surface area (Å²) < 4.78 is 20.5. The molecule has 4 nitrogen and oxygen atoms in total. The summed E-state index contributed by atoms with van der Waals surface area (Å²) in [6.45, 7) is 2.08. The third kappa shape index (κ3) is 2.41. The number of ether oxygens (including phenoxy) is 1. The highest BCUT2D eigenvalue weighted by Gasteiger charge is 2.14. The summed E-state index contributed by atoms with van der Waals surface area (Å²) in [5, 5.41) is 0. The van der Waals surface area contributed by atoms with Crippen molar-refractivity contribution in [3.05, 3.63) is 29.8 Å². The van der Waals surface area contributed by atoms with Crippen LogP contribution in [0.4, 0.5) is 10.2 Å². The number of rotatable bonds is 4. The van der Waals surface area contributed by atoms with Crippen molar-refractivity contribution < 1.29 is 9.13 Å². The van der Waals surface area contributed by atoms with E-state index < -0.39 is 5.82 Å². The Morgan fingerprint density at radius 1 is 1.42 bits per heavy atom. The van der Waals surface area contributed by atoms with E-state index in [1.807, 2.05) is 11.6 Å². The minimum absolute atomic E-state index is 0.215. The first kappa shape index (κ1) is 13.4. The maximum atomic E-state index is 13.7. The molecule has 19 heavy (non-hydrogen) atoms. The lowest BCUT2D eigenvalue weighted by molar-refractivity contribution is 0.386. The standard InChI is InChI=1S/C14H18FN3O/c1-4-5-12-17-13(14(16)18(12)2)9-6-7-11(19-3)10(15)8-9/h6-8H,4-5,16H2,1-3H3. The van der Waals surface area contributed by atoms with E-state index in [1.165, 1.54) is 13.2 Å². The number of hydrogen-bond donors (Lipinski definition) is 1. The van der Waals surface area contributed by atoms with Gasteiger partial charge in [-0.3, -0.25) is 0 Å². The molecular formula is C14H18FN3O. The Morgan fingerprint density at radius 3 is 2.74 bits per heavy atom. The van der Waals surface area contributed by atoms with Gasteiger partial charge < -0.3 is 15.0 Å². The van der Waals surface area contributed by atoms with Crippen molar-refractivity contribution in [2.24, 2.45) is 7.05 Å². The number of halogens is 1. The molecular weight excluding hydrogens is 245 g/mol. The molecule has 5 heteroatoms. The number of aryl methyl sites for hydroxylation is 1. The Bertz CT molecular complexity index is 593. The third-order valence-electron chi connectivity index (χ3n) is 3.13. The molecule has 0 bridgehead atoms. The topological polar surface area (TPSA) is 53.1 Å². The van der Waals surface area contributed by atoms with Crippen LogP contribution in [0.25, 0.3) is 11.3 Å². The molecule has 2 rings (SSSR count). The van der Waals surface area contributed by atoms with Crippen molar-refractivity contribution in [3.63, 3.8) is 0 Å². The highest BCUT2D eigenvalue weighted by atomic mass is 19.1. The minimum atomic E-state index is -0.415. The number of methoxy groups -OCH3 is 1. The average molecular weight is 263 g/mol. The summed E-state index contributed by atoms with van der Waals surface area (Å²) in [5.41, 5.74) is 7.31. The Labute approximate surface area is 112 Å². The van der Waals surface area contributed by atoms with Crippen LogP contribution in [0.15, 0.2) is 18.2 Å². The molecule has 1 aromatic carbocycles. The number of aromatic nitrogens is 2. The first-order valence-electron chi connectivity index (χ1n) is 6.23. The van der Waals surface area contributed by atoms with Crippen LogP contribution in [-0.4, -0.2) is 16.7 Å². The number of nitrogens with two attached hydrogens (primary N) is 1. The molecule has 0 spiro atoms. The van der Waals surface area contributed by atoms with E-state index in [-0.39, 0.29) is 5.75 Å². The van der Waals surface area contributed by atoms with Crippen molar-refractivity contribution in [2.45, 2.75) is 19.8 Å². The van der Waals surface area contributed by atoms with Gasteiger partial charge in [0.1, 0.15) is 17.3 Å². The fraction of sp³-hybridized carbons (Fsp3) is 0.357. The van der Waals surface area contributed by atoms with Gasteiger partial charge in [0.05, 0.1) is 7.11 Å². The SMILES string of the molecule is CCCc1nc(-c2ccc(OC)c(F)c2)c(N)n1C. The molecule has 1 aromatic heterocycles. The van der Waals surface area contributed by atoms with E-state index in [0.29, 0.717) is 17.1 Å². The van der Waals surface area contributed by atoms with Gasteiger partial charge in [-0.2, -0.15) is 0 Å². The van der Waals surface area contributed by atoms with Crippen LogP contribution in [0.5, 0.6) is 5.75 Å². The first-order chi connectivity index (χ1) is 9.08. The molecule has 2 N–H and O–H groups in total. The Morgan fingerprint density at radius 2 is 2.16 bits per heavy atom. The Hall–Kier alpha value is -2.04. The number of hydrogen-bond acceptors (Lipinski definition) is 3. The molecule has 0 saturated heterocycles. The zero-order valence-corrected chi connectivity index (χ0v) is 11.4. The Balaban J connectivity index is 2.47. The Kier molecular flexibility index (Phi) is 3.74. The molecule has 0 aliphatic carbocycles. The van der Waals surface area contributed by atoms with Crippen molar-refractivity contribution in [1.82, 2.24) is 9.55 Å². The summed E-state index contributed by atoms with van der Waals surface area (Å²) in [6, 6.07) is 4.74. The zero-order chi connectivity index (χ0) is 14.0. The van der Waals surface area contributed by atoms with Crippen molar-refractivity contribution in [1.29, 1.82) is 0 Å². The molecule has 0 aliphatic rings. The van der Waals surface area contributed by atoms with Crippen LogP contribution < -0.4 is 10.5 Å². The third-order valence-corrected chi connectivity index (χ3v) is 3.13. The van der Waals surface area contributed by atoms with Crippen molar-refractivity contribution in [2.75, 3.05) is 12.8 Å². The van der Waals surface area contributed by atoms with Crippen LogP contribution >= 0.6 is 0 Å². The molecule has 0 unspecified atom stereocenters. The van der Waals surface area contributed by atoms with Crippen LogP contribution in [0, 0.1) is 5.82 Å². The van der Waals surface area contributed by atoms with Gasteiger partial charge in [0.2, 0.25) is 0 Å². The minimum Gasteiger partial charge on any atom is -0.494 e. The van der Waals surface area contributed by atoms with Crippen molar-refractivity contribution in [3.8, 4) is 17.0 Å². The second-order valence-electron chi connectivity index (χ2n) is 4.42. The fourth-order valence-corrected chi connectivity index (χ4v) is 2.03. The maximum Gasteiger partial charge on any atom is 0.165 e. The number of benzene rings is 1. The van der Waals surface area contributed by atoms with Crippen LogP contribution in [-0.2, 0) is 13.5 Å². The molecule has 0 aliphatic heterocycles. The monoisotopic (exact) mass is 263 g/mol. The predicted molar refractivity (Wildman–Crippen MR) is 73.6 cm³/mol. The van der Waals surface area contributed by atoms with Gasteiger partial charge in [-0.1, -0.05) is 6.92 Å². The first-order valence-corrected chi connectivity index (χ1v) is 6.23. The van der Waals surface area contributed by atoms with E-state index in [4.69, 9.17) is 10.5 Å². The van der Waals surface area contributed by atoms with Crippen LogP contribution in [0.3, 0.4) is 0 Å². The number of anilines is 1. The lowest BCUT2D eigenvalue weighted by atomic mass is 10.1. The molecule has 0 saturated carbocycles. The average Bonchev–Trinajstić information content (AvgIpc) is 2.67. The smallest absolute Gasteiger partial charge is 0.165 e.